The van der Waals surface area contributed by atoms with Crippen LogP contribution in [-0.4, -0.2) is 30.6 Å². The molecule has 2 aliphatic heterocycles. The molecule has 1 saturated heterocycles. The predicted molar refractivity (Wildman–Crippen MR) is 70.6 cm³/mol. The molecule has 1 atom stereocenters. The highest BCUT2D eigenvalue weighted by Gasteiger charge is 2.29. The van der Waals surface area contributed by atoms with Gasteiger partial charge in [0.2, 0.25) is 18.6 Å². The van der Waals surface area contributed by atoms with E-state index in [1.807, 2.05) is 0 Å². The molecular formula is C13H13N3O5. The number of nitrogens with two attached hydrogens (primary N) is 1. The molecule has 3 amide bonds. The fraction of sp³-hybridized carbons (Fsp3) is 0.308. The Balaban J connectivity index is 1.77. The zero-order chi connectivity index (χ0) is 15.0. The van der Waals surface area contributed by atoms with Crippen LogP contribution in [0.25, 0.3) is 0 Å². The van der Waals surface area contributed by atoms with Crippen molar-refractivity contribution in [3.05, 3.63) is 17.7 Å². The molecule has 1 aromatic rings. The van der Waals surface area contributed by atoms with Crippen LogP contribution in [0.1, 0.15) is 23.2 Å². The zero-order valence-corrected chi connectivity index (χ0v) is 11.0. The molecule has 110 valence electrons. The van der Waals surface area contributed by atoms with E-state index in [-0.39, 0.29) is 36.8 Å². The number of anilines is 1. The smallest absolute Gasteiger partial charge is 0.254 e. The van der Waals surface area contributed by atoms with Crippen LogP contribution in [0.4, 0.5) is 5.69 Å². The average molecular weight is 291 g/mol. The van der Waals surface area contributed by atoms with Crippen LogP contribution in [0.5, 0.6) is 11.5 Å². The van der Waals surface area contributed by atoms with Gasteiger partial charge in [-0.1, -0.05) is 0 Å². The summed E-state index contributed by atoms with van der Waals surface area (Å²) in [5.41, 5.74) is 6.23. The van der Waals surface area contributed by atoms with Gasteiger partial charge in [-0.2, -0.15) is 0 Å². The van der Waals surface area contributed by atoms with Crippen molar-refractivity contribution in [1.29, 1.82) is 0 Å². The summed E-state index contributed by atoms with van der Waals surface area (Å²) in [5.74, 6) is -0.449. The van der Waals surface area contributed by atoms with Crippen molar-refractivity contribution >= 4 is 23.4 Å². The Labute approximate surface area is 119 Å². The van der Waals surface area contributed by atoms with Crippen LogP contribution >= 0.6 is 0 Å². The first kappa shape index (κ1) is 13.2. The Hall–Kier alpha value is -2.77. The largest absolute Gasteiger partial charge is 0.454 e. The number of fused-ring (bicyclic) bond motifs is 1. The number of nitrogen functional groups attached to an aromatic ring is 1. The summed E-state index contributed by atoms with van der Waals surface area (Å²) in [6.07, 6.45) is 0.453. The second kappa shape index (κ2) is 4.97. The van der Waals surface area contributed by atoms with Gasteiger partial charge in [0.25, 0.3) is 5.91 Å². The normalized spacial score (nSPS) is 20.1. The Morgan fingerprint density at radius 1 is 1.29 bits per heavy atom. The number of carbonyl (C=O) groups excluding carboxylic acids is 3. The number of ether oxygens (including phenoxy) is 2. The van der Waals surface area contributed by atoms with Gasteiger partial charge in [-0.3, -0.25) is 19.7 Å². The van der Waals surface area contributed by atoms with Crippen LogP contribution in [0.15, 0.2) is 12.1 Å². The van der Waals surface area contributed by atoms with Gasteiger partial charge in [0.1, 0.15) is 6.04 Å². The lowest BCUT2D eigenvalue weighted by molar-refractivity contribution is -0.134. The monoisotopic (exact) mass is 291 g/mol. The van der Waals surface area contributed by atoms with Crippen LogP contribution < -0.4 is 25.8 Å². The van der Waals surface area contributed by atoms with Gasteiger partial charge in [0, 0.05) is 18.2 Å². The summed E-state index contributed by atoms with van der Waals surface area (Å²) in [5, 5.41) is 4.73. The minimum Gasteiger partial charge on any atom is -0.454 e. The number of rotatable bonds is 2. The second-order valence-electron chi connectivity index (χ2n) is 4.77. The van der Waals surface area contributed by atoms with E-state index < -0.39 is 17.9 Å². The third-order valence-corrected chi connectivity index (χ3v) is 3.33. The molecule has 1 fully saturated rings. The average Bonchev–Trinajstić information content (AvgIpc) is 2.88. The standard InChI is InChI=1S/C13H13N3O5/c14-7-4-10-9(20-5-21-10)3-6(7)12(18)15-8-1-2-11(17)16-13(8)19/h3-4,8H,1-2,5,14H2,(H,15,18)(H,16,17,19). The maximum Gasteiger partial charge on any atom is 0.254 e. The lowest BCUT2D eigenvalue weighted by Gasteiger charge is -2.22. The Kier molecular flexibility index (Phi) is 3.13. The molecule has 21 heavy (non-hydrogen) atoms. The number of carbonyl (C=O) groups is 3. The zero-order valence-electron chi connectivity index (χ0n) is 11.0. The molecule has 1 aromatic carbocycles. The molecule has 0 aromatic heterocycles. The van der Waals surface area contributed by atoms with Crippen molar-refractivity contribution in [1.82, 2.24) is 10.6 Å². The summed E-state index contributed by atoms with van der Waals surface area (Å²) in [7, 11) is 0. The molecule has 1 unspecified atom stereocenters. The third kappa shape index (κ3) is 2.47. The van der Waals surface area contributed by atoms with Crippen molar-refractivity contribution in [3.8, 4) is 11.5 Å². The van der Waals surface area contributed by atoms with Gasteiger partial charge < -0.3 is 20.5 Å². The first-order valence-corrected chi connectivity index (χ1v) is 6.38. The van der Waals surface area contributed by atoms with Gasteiger partial charge in [-0.05, 0) is 12.5 Å². The molecule has 8 nitrogen and oxygen atoms in total. The van der Waals surface area contributed by atoms with Gasteiger partial charge in [0.05, 0.1) is 5.56 Å². The molecule has 8 heteroatoms. The highest BCUT2D eigenvalue weighted by molar-refractivity contribution is 6.05. The molecule has 2 heterocycles. The number of benzene rings is 1. The molecule has 0 bridgehead atoms. The number of hydrogen-bond donors (Lipinski definition) is 3. The quantitative estimate of drug-likeness (QED) is 0.500. The molecule has 0 radical (unpaired) electrons. The summed E-state index contributed by atoms with van der Waals surface area (Å²) in [6, 6.07) is 2.22. The van der Waals surface area contributed by atoms with Crippen molar-refractivity contribution < 1.29 is 23.9 Å². The van der Waals surface area contributed by atoms with E-state index in [1.165, 1.54) is 12.1 Å². The first-order chi connectivity index (χ1) is 10.0. The Morgan fingerprint density at radius 2 is 2.00 bits per heavy atom. The molecule has 3 rings (SSSR count). The molecule has 0 aliphatic carbocycles. The fourth-order valence-corrected chi connectivity index (χ4v) is 2.22. The van der Waals surface area contributed by atoms with Gasteiger partial charge >= 0.3 is 0 Å². The SMILES string of the molecule is Nc1cc2c(cc1C(=O)NC1CCC(=O)NC1=O)OCO2. The van der Waals surface area contributed by atoms with E-state index in [0.717, 1.165) is 0 Å². The highest BCUT2D eigenvalue weighted by Crippen LogP contribution is 2.35. The minimum atomic E-state index is -0.750. The molecular weight excluding hydrogens is 278 g/mol. The maximum absolute atomic E-state index is 12.2. The van der Waals surface area contributed by atoms with Crippen molar-refractivity contribution in [2.24, 2.45) is 0 Å². The van der Waals surface area contributed by atoms with E-state index >= 15 is 0 Å². The van der Waals surface area contributed by atoms with Crippen LogP contribution in [0.3, 0.4) is 0 Å². The Morgan fingerprint density at radius 3 is 2.71 bits per heavy atom. The number of piperidine rings is 1. The summed E-state index contributed by atoms with van der Waals surface area (Å²) >= 11 is 0. The maximum atomic E-state index is 12.2. The molecule has 4 N–H and O–H groups in total. The predicted octanol–water partition coefficient (Wildman–Crippen LogP) is -0.468. The first-order valence-electron chi connectivity index (χ1n) is 6.38. The van der Waals surface area contributed by atoms with Crippen LogP contribution in [-0.2, 0) is 9.59 Å². The fourth-order valence-electron chi connectivity index (χ4n) is 2.22. The number of hydrogen-bond acceptors (Lipinski definition) is 6. The van der Waals surface area contributed by atoms with Gasteiger partial charge in [-0.15, -0.1) is 0 Å². The van der Waals surface area contributed by atoms with Crippen molar-refractivity contribution in [3.63, 3.8) is 0 Å². The van der Waals surface area contributed by atoms with E-state index in [1.54, 1.807) is 0 Å². The third-order valence-electron chi connectivity index (χ3n) is 3.33. The lowest BCUT2D eigenvalue weighted by atomic mass is 10.0. The van der Waals surface area contributed by atoms with Crippen molar-refractivity contribution in [2.75, 3.05) is 12.5 Å². The number of nitrogens with one attached hydrogen (secondary N) is 2. The van der Waals surface area contributed by atoms with Crippen molar-refractivity contribution in [2.45, 2.75) is 18.9 Å². The highest BCUT2D eigenvalue weighted by atomic mass is 16.7. The molecule has 0 saturated carbocycles. The second-order valence-corrected chi connectivity index (χ2v) is 4.77. The Bertz CT molecular complexity index is 643. The number of imide groups is 1. The van der Waals surface area contributed by atoms with Gasteiger partial charge in [-0.25, -0.2) is 0 Å². The van der Waals surface area contributed by atoms with E-state index in [2.05, 4.69) is 10.6 Å². The van der Waals surface area contributed by atoms with Crippen LogP contribution in [0, 0.1) is 0 Å². The minimum absolute atomic E-state index is 0.0764. The number of amides is 3. The summed E-state index contributed by atoms with van der Waals surface area (Å²) in [4.78, 5) is 34.9. The van der Waals surface area contributed by atoms with E-state index in [4.69, 9.17) is 15.2 Å². The van der Waals surface area contributed by atoms with Crippen LogP contribution in [0.2, 0.25) is 0 Å². The van der Waals surface area contributed by atoms with E-state index in [0.29, 0.717) is 11.5 Å². The lowest BCUT2D eigenvalue weighted by Crippen LogP contribution is -2.52. The molecule has 2 aliphatic rings. The van der Waals surface area contributed by atoms with Gasteiger partial charge in [0.15, 0.2) is 11.5 Å². The van der Waals surface area contributed by atoms with E-state index in [9.17, 15) is 14.4 Å². The molecule has 0 spiro atoms. The topological polar surface area (TPSA) is 120 Å². The summed E-state index contributed by atoms with van der Waals surface area (Å²) < 4.78 is 10.3. The summed E-state index contributed by atoms with van der Waals surface area (Å²) in [6.45, 7) is 0.0764.